The van der Waals surface area contributed by atoms with Gasteiger partial charge in [-0.05, 0) is 65.6 Å². The zero-order valence-electron chi connectivity index (χ0n) is 48.0. The van der Waals surface area contributed by atoms with Gasteiger partial charge < -0.3 is 13.7 Å². The molecule has 11 rings (SSSR count). The molecular weight excluding hydrogens is 619 g/mol. The number of hydrogen-bond acceptors (Lipinski definition) is 0. The van der Waals surface area contributed by atoms with E-state index in [-0.39, 0.29) is 27.5 Å². The van der Waals surface area contributed by atoms with Crippen LogP contribution in [-0.4, -0.2) is 13.7 Å². The summed E-state index contributed by atoms with van der Waals surface area (Å²) < 4.78 is 205. The van der Waals surface area contributed by atoms with E-state index in [2.05, 4.69) is 0 Å². The van der Waals surface area contributed by atoms with Crippen LogP contribution in [0.4, 0.5) is 0 Å². The molecule has 0 aliphatic rings. The molecule has 8 aromatic carbocycles. The predicted octanol–water partition coefficient (Wildman–Crippen LogP) is 12.6. The second kappa shape index (κ2) is 10.8. The molecule has 0 atom stereocenters. The van der Waals surface area contributed by atoms with Crippen LogP contribution in [0.1, 0.15) is 30.2 Å². The highest BCUT2D eigenvalue weighted by Crippen LogP contribution is 2.43. The van der Waals surface area contributed by atoms with Crippen molar-refractivity contribution in [3.05, 3.63) is 188 Å². The average molecular weight is 672 g/mol. The van der Waals surface area contributed by atoms with Gasteiger partial charge in [0, 0.05) is 38.0 Å². The monoisotopic (exact) mass is 671 g/mol. The van der Waals surface area contributed by atoms with Gasteiger partial charge in [0.05, 0.1) is 74.6 Å². The van der Waals surface area contributed by atoms with Crippen molar-refractivity contribution in [1.82, 2.24) is 13.7 Å². The minimum absolute atomic E-state index is 0.196. The van der Waals surface area contributed by atoms with Crippen LogP contribution < -0.4 is 0 Å². The Bertz CT molecular complexity index is 4320. The molecule has 0 unspecified atom stereocenters. The van der Waals surface area contributed by atoms with Crippen molar-refractivity contribution in [3.8, 4) is 28.2 Å². The molecule has 3 heterocycles. The van der Waals surface area contributed by atoms with Crippen molar-refractivity contribution in [3.63, 3.8) is 0 Å². The van der Waals surface area contributed by atoms with Crippen LogP contribution in [0.25, 0.3) is 93.6 Å². The Balaban J connectivity index is 1.48. The largest absolute Gasteiger partial charge is 0.309 e. The SMILES string of the molecule is [2H]c1c([2H])c([2H])c2c(c1[2H])c1c([2H])c([2H])c([2H])c(-n3c4c([2H])c([2H])c([2H])c([2H])c4c4c(-n5c6c([2H])c([2H])c([2H])c([2H])c6c6c([2H])c([2H])c([2H])c([2H])c65)c([2H])c([2H])c([2H])c43)c1n2-c1cccc(-c2ccccc2)c1. The van der Waals surface area contributed by atoms with Crippen molar-refractivity contribution in [1.29, 1.82) is 0 Å². The topological polar surface area (TPSA) is 14.8 Å². The lowest BCUT2D eigenvalue weighted by Gasteiger charge is -2.15. The second-order valence-electron chi connectivity index (χ2n) is 11.7. The fourth-order valence-corrected chi connectivity index (χ4v) is 7.02. The van der Waals surface area contributed by atoms with Crippen LogP contribution in [0.3, 0.4) is 0 Å². The third-order valence-electron chi connectivity index (χ3n) is 9.09. The van der Waals surface area contributed by atoms with E-state index in [0.717, 1.165) is 14.7 Å². The second-order valence-corrected chi connectivity index (χ2v) is 11.7. The van der Waals surface area contributed by atoms with Gasteiger partial charge in [-0.15, -0.1) is 0 Å². The number of rotatable bonds is 4. The lowest BCUT2D eigenvalue weighted by Crippen LogP contribution is -2.01. The first-order chi connectivity index (χ1) is 34.5. The highest BCUT2D eigenvalue weighted by atomic mass is 15.1. The van der Waals surface area contributed by atoms with Crippen LogP contribution in [0.15, 0.2) is 188 Å². The quantitative estimate of drug-likeness (QED) is 0.177. The minimum Gasteiger partial charge on any atom is -0.309 e. The summed E-state index contributed by atoms with van der Waals surface area (Å²) in [6.45, 7) is 0. The van der Waals surface area contributed by atoms with E-state index in [1.807, 2.05) is 18.2 Å². The number of aromatic nitrogens is 3. The van der Waals surface area contributed by atoms with Crippen LogP contribution in [0.5, 0.6) is 0 Å². The maximum Gasteiger partial charge on any atom is 0.0782 e. The van der Waals surface area contributed by atoms with Gasteiger partial charge in [0.1, 0.15) is 0 Å². The molecule has 51 heavy (non-hydrogen) atoms. The molecule has 0 radical (unpaired) electrons. The molecule has 0 saturated heterocycles. The summed E-state index contributed by atoms with van der Waals surface area (Å²) in [6, 6.07) is -1.49. The molecule has 0 bridgehead atoms. The minimum atomic E-state index is -0.930. The molecule has 0 amide bonds. The molecule has 3 heteroatoms. The molecule has 0 spiro atoms. The molecule has 0 fully saturated rings. The van der Waals surface area contributed by atoms with Crippen LogP contribution in [0, 0.1) is 0 Å². The molecule has 0 N–H and O–H groups in total. The molecular formula is C48H31N3. The highest BCUT2D eigenvalue weighted by Gasteiger charge is 2.22. The molecule has 0 aliphatic carbocycles. The first-order valence-electron chi connectivity index (χ1n) is 26.7. The molecule has 3 aromatic heterocycles. The molecule has 238 valence electrons. The van der Waals surface area contributed by atoms with Crippen molar-refractivity contribution in [2.75, 3.05) is 0 Å². The van der Waals surface area contributed by atoms with Crippen LogP contribution in [0.2, 0.25) is 0 Å². The molecule has 3 nitrogen and oxygen atoms in total. The summed E-state index contributed by atoms with van der Waals surface area (Å²) in [5.74, 6) is 0. The first-order valence-corrected chi connectivity index (χ1v) is 15.7. The Morgan fingerprint density at radius 1 is 0.353 bits per heavy atom. The van der Waals surface area contributed by atoms with Crippen molar-refractivity contribution in [2.45, 2.75) is 0 Å². The van der Waals surface area contributed by atoms with Crippen molar-refractivity contribution < 1.29 is 30.2 Å². The lowest BCUT2D eigenvalue weighted by atomic mass is 10.1. The first kappa shape index (κ1) is 14.2. The maximum absolute atomic E-state index is 9.81. The zero-order chi connectivity index (χ0) is 52.6. The summed E-state index contributed by atoms with van der Waals surface area (Å²) in [6.07, 6.45) is 0. The molecule has 0 aliphatic heterocycles. The Morgan fingerprint density at radius 3 is 1.55 bits per heavy atom. The van der Waals surface area contributed by atoms with Gasteiger partial charge in [0.2, 0.25) is 0 Å². The normalized spacial score (nSPS) is 18.0. The Morgan fingerprint density at radius 2 is 0.843 bits per heavy atom. The van der Waals surface area contributed by atoms with Crippen molar-refractivity contribution in [2.24, 2.45) is 0 Å². The van der Waals surface area contributed by atoms with Crippen molar-refractivity contribution >= 4 is 65.4 Å². The smallest absolute Gasteiger partial charge is 0.0782 e. The van der Waals surface area contributed by atoms with Gasteiger partial charge >= 0.3 is 0 Å². The van der Waals surface area contributed by atoms with E-state index >= 15 is 0 Å². The van der Waals surface area contributed by atoms with E-state index in [4.69, 9.17) is 13.7 Å². The molecule has 0 saturated carbocycles. The zero-order valence-corrected chi connectivity index (χ0v) is 26.0. The Labute approximate surface area is 325 Å². The van der Waals surface area contributed by atoms with Gasteiger partial charge in [-0.1, -0.05) is 133 Å². The lowest BCUT2D eigenvalue weighted by molar-refractivity contribution is 1.13. The number of benzene rings is 8. The number of nitrogens with zero attached hydrogens (tertiary/aromatic N) is 3. The van der Waals surface area contributed by atoms with Gasteiger partial charge in [-0.2, -0.15) is 0 Å². The average Bonchev–Trinajstić information content (AvgIpc) is 4.05. The third kappa shape index (κ3) is 4.00. The number of fused-ring (bicyclic) bond motifs is 9. The summed E-state index contributed by atoms with van der Waals surface area (Å²) in [4.78, 5) is 0. The summed E-state index contributed by atoms with van der Waals surface area (Å²) in [7, 11) is 0. The van der Waals surface area contributed by atoms with Gasteiger partial charge in [0.25, 0.3) is 0 Å². The standard InChI is InChI=1S/C48H31N3/c1-2-15-32(16-3-1)33-17-12-18-34(31-33)49-40-24-8-6-21-37(40)38-23-13-30-46(48(38)49)51-43-27-11-7-22-39(43)47-44(28-14-29-45(47)51)50-41-25-9-4-19-35(41)36-20-5-10-26-42(36)50/h1-31H/i4D,5D,6D,7D,8D,9D,10D,11D,13D,14D,19D,20D,21D,22D,23D,24D,25D,26D,27D,28D,29D,30D. The van der Waals surface area contributed by atoms with E-state index < -0.39 is 188 Å². The predicted molar refractivity (Wildman–Crippen MR) is 215 cm³/mol. The summed E-state index contributed by atoms with van der Waals surface area (Å²) in [5.41, 5.74) is -2.22. The van der Waals surface area contributed by atoms with Crippen LogP contribution in [-0.2, 0) is 0 Å². The Hall–Kier alpha value is -6.84. The fraction of sp³-hybridized carbons (Fsp3) is 0. The molecule has 11 aromatic rings. The summed E-state index contributed by atoms with van der Waals surface area (Å²) in [5, 5.41) is -2.39. The van der Waals surface area contributed by atoms with Gasteiger partial charge in [0.15, 0.2) is 0 Å². The number of para-hydroxylation sites is 5. The highest BCUT2D eigenvalue weighted by molar-refractivity contribution is 6.18. The van der Waals surface area contributed by atoms with Gasteiger partial charge in [-0.25, -0.2) is 0 Å². The fourth-order valence-electron chi connectivity index (χ4n) is 7.02. The summed E-state index contributed by atoms with van der Waals surface area (Å²) >= 11 is 0. The third-order valence-corrected chi connectivity index (χ3v) is 9.09. The van der Waals surface area contributed by atoms with E-state index in [1.165, 1.54) is 4.57 Å². The van der Waals surface area contributed by atoms with E-state index in [1.54, 1.807) is 36.4 Å². The van der Waals surface area contributed by atoms with E-state index in [9.17, 15) is 16.4 Å². The van der Waals surface area contributed by atoms with Crippen LogP contribution >= 0.6 is 0 Å². The van der Waals surface area contributed by atoms with E-state index in [0.29, 0.717) is 5.56 Å². The van der Waals surface area contributed by atoms with Gasteiger partial charge in [-0.3, -0.25) is 0 Å². The Kier molecular flexibility index (Phi) is 3.01. The number of hydrogen-bond donors (Lipinski definition) is 0. The maximum atomic E-state index is 9.81.